The molecule has 4 heteroatoms. The molecular formula is C12H14FN3. The third-order valence-corrected chi connectivity index (χ3v) is 2.49. The molecule has 2 N–H and O–H groups in total. The van der Waals surface area contributed by atoms with Crippen molar-refractivity contribution in [3.63, 3.8) is 0 Å². The zero-order chi connectivity index (χ0) is 11.4. The van der Waals surface area contributed by atoms with Crippen LogP contribution in [0.3, 0.4) is 0 Å². The van der Waals surface area contributed by atoms with Crippen molar-refractivity contribution in [1.82, 2.24) is 15.5 Å². The minimum atomic E-state index is -0.185. The first-order valence-electron chi connectivity index (χ1n) is 5.20. The second-order valence-electron chi connectivity index (χ2n) is 3.76. The van der Waals surface area contributed by atoms with Gasteiger partial charge in [0, 0.05) is 25.0 Å². The van der Waals surface area contributed by atoms with Crippen molar-refractivity contribution in [2.24, 2.45) is 0 Å². The van der Waals surface area contributed by atoms with E-state index in [1.54, 1.807) is 12.3 Å². The number of nitrogens with zero attached hydrogens (tertiary/aromatic N) is 1. The lowest BCUT2D eigenvalue weighted by atomic mass is 10.1. The number of nitrogens with one attached hydrogen (secondary N) is 2. The molecule has 0 aliphatic rings. The Balaban J connectivity index is 1.90. The summed E-state index contributed by atoms with van der Waals surface area (Å²) in [5.41, 5.74) is 3.12. The van der Waals surface area contributed by atoms with Crippen LogP contribution in [0.15, 0.2) is 30.5 Å². The highest BCUT2D eigenvalue weighted by atomic mass is 19.1. The molecule has 0 spiro atoms. The van der Waals surface area contributed by atoms with Crippen LogP contribution in [0.5, 0.6) is 0 Å². The van der Waals surface area contributed by atoms with Gasteiger partial charge in [0.05, 0.1) is 0 Å². The summed E-state index contributed by atoms with van der Waals surface area (Å²) in [6.45, 7) is 3.37. The molecule has 2 rings (SSSR count). The summed E-state index contributed by atoms with van der Waals surface area (Å²) in [5, 5.41) is 10.0. The molecule has 1 aromatic carbocycles. The molecule has 2 aromatic rings. The molecule has 1 heterocycles. The predicted molar refractivity (Wildman–Crippen MR) is 60.3 cm³/mol. The Labute approximate surface area is 93.7 Å². The molecule has 3 nitrogen and oxygen atoms in total. The van der Waals surface area contributed by atoms with E-state index in [4.69, 9.17) is 0 Å². The molecule has 0 fully saturated rings. The van der Waals surface area contributed by atoms with E-state index in [9.17, 15) is 4.39 Å². The third kappa shape index (κ3) is 2.67. The monoisotopic (exact) mass is 219 g/mol. The van der Waals surface area contributed by atoms with E-state index >= 15 is 0 Å². The van der Waals surface area contributed by atoms with Crippen molar-refractivity contribution in [3.05, 3.63) is 53.1 Å². The molecule has 0 aliphatic heterocycles. The predicted octanol–water partition coefficient (Wildman–Crippen LogP) is 2.15. The van der Waals surface area contributed by atoms with Gasteiger partial charge in [-0.25, -0.2) is 4.39 Å². The lowest BCUT2D eigenvalue weighted by Gasteiger charge is -2.06. The van der Waals surface area contributed by atoms with E-state index < -0.39 is 0 Å². The summed E-state index contributed by atoms with van der Waals surface area (Å²) in [6.07, 6.45) is 1.72. The molecule has 0 saturated carbocycles. The lowest BCUT2D eigenvalue weighted by Crippen LogP contribution is -2.13. The summed E-state index contributed by atoms with van der Waals surface area (Å²) < 4.78 is 12.9. The van der Waals surface area contributed by atoms with E-state index in [1.165, 1.54) is 6.07 Å². The van der Waals surface area contributed by atoms with Gasteiger partial charge in [0.2, 0.25) is 0 Å². The fourth-order valence-corrected chi connectivity index (χ4v) is 1.57. The van der Waals surface area contributed by atoms with Gasteiger partial charge < -0.3 is 5.32 Å². The molecule has 1 aromatic heterocycles. The Morgan fingerprint density at radius 1 is 1.31 bits per heavy atom. The number of hydrogen-bond acceptors (Lipinski definition) is 2. The molecule has 0 atom stereocenters. The molecule has 0 aliphatic carbocycles. The zero-order valence-corrected chi connectivity index (χ0v) is 9.13. The Kier molecular flexibility index (Phi) is 3.31. The van der Waals surface area contributed by atoms with E-state index in [-0.39, 0.29) is 5.82 Å². The van der Waals surface area contributed by atoms with Crippen LogP contribution >= 0.6 is 0 Å². The van der Waals surface area contributed by atoms with Gasteiger partial charge in [-0.3, -0.25) is 5.10 Å². The number of H-pyrrole nitrogens is 1. The normalized spacial score (nSPS) is 10.6. The Hall–Kier alpha value is -1.68. The molecule has 0 amide bonds. The average molecular weight is 219 g/mol. The van der Waals surface area contributed by atoms with Gasteiger partial charge in [0.25, 0.3) is 0 Å². The number of aromatic amines is 1. The van der Waals surface area contributed by atoms with Gasteiger partial charge in [-0.2, -0.15) is 5.10 Å². The summed E-state index contributed by atoms with van der Waals surface area (Å²) >= 11 is 0. The van der Waals surface area contributed by atoms with Crippen molar-refractivity contribution < 1.29 is 4.39 Å². The first-order valence-corrected chi connectivity index (χ1v) is 5.20. The largest absolute Gasteiger partial charge is 0.307 e. The molecule has 0 unspecified atom stereocenters. The second-order valence-corrected chi connectivity index (χ2v) is 3.76. The maximum atomic E-state index is 12.9. The van der Waals surface area contributed by atoms with E-state index in [1.807, 2.05) is 19.1 Å². The average Bonchev–Trinajstić information content (AvgIpc) is 2.74. The highest BCUT2D eigenvalue weighted by molar-refractivity contribution is 5.26. The van der Waals surface area contributed by atoms with Crippen molar-refractivity contribution in [2.45, 2.75) is 20.0 Å². The number of aryl methyl sites for hydroxylation is 1. The second kappa shape index (κ2) is 4.90. The number of halogens is 1. The smallest absolute Gasteiger partial charge is 0.123 e. The van der Waals surface area contributed by atoms with Crippen LogP contribution < -0.4 is 5.32 Å². The Morgan fingerprint density at radius 2 is 2.19 bits per heavy atom. The summed E-state index contributed by atoms with van der Waals surface area (Å²) in [4.78, 5) is 0. The van der Waals surface area contributed by atoms with Crippen LogP contribution in [0.25, 0.3) is 0 Å². The fourth-order valence-electron chi connectivity index (χ4n) is 1.57. The van der Waals surface area contributed by atoms with Crippen LogP contribution in [-0.4, -0.2) is 10.2 Å². The molecule has 84 valence electrons. The molecule has 16 heavy (non-hydrogen) atoms. The van der Waals surface area contributed by atoms with Crippen molar-refractivity contribution in [2.75, 3.05) is 0 Å². The molecule has 0 radical (unpaired) electrons. The zero-order valence-electron chi connectivity index (χ0n) is 9.13. The minimum Gasteiger partial charge on any atom is -0.307 e. The Morgan fingerprint density at radius 3 is 2.88 bits per heavy atom. The van der Waals surface area contributed by atoms with Crippen LogP contribution in [0.4, 0.5) is 4.39 Å². The number of benzene rings is 1. The van der Waals surface area contributed by atoms with Crippen LogP contribution in [0, 0.1) is 12.7 Å². The van der Waals surface area contributed by atoms with Gasteiger partial charge in [-0.1, -0.05) is 6.07 Å². The summed E-state index contributed by atoms with van der Waals surface area (Å²) in [7, 11) is 0. The van der Waals surface area contributed by atoms with Crippen molar-refractivity contribution >= 4 is 0 Å². The van der Waals surface area contributed by atoms with Gasteiger partial charge in [-0.15, -0.1) is 0 Å². The van der Waals surface area contributed by atoms with Crippen molar-refractivity contribution in [1.29, 1.82) is 0 Å². The number of aromatic nitrogens is 2. The molecular weight excluding hydrogens is 205 g/mol. The lowest BCUT2D eigenvalue weighted by molar-refractivity contribution is 0.622. The standard InChI is InChI=1S/C12H14FN3/c1-9-6-11(13)3-2-10(9)7-14-8-12-4-5-15-16-12/h2-6,14H,7-8H2,1H3,(H,15,16). The minimum absolute atomic E-state index is 0.185. The van der Waals surface area contributed by atoms with Crippen LogP contribution in [0.1, 0.15) is 16.8 Å². The SMILES string of the molecule is Cc1cc(F)ccc1CNCc1ccn[nH]1. The first-order chi connectivity index (χ1) is 7.75. The van der Waals surface area contributed by atoms with Gasteiger partial charge in [0.1, 0.15) is 5.82 Å². The van der Waals surface area contributed by atoms with Crippen molar-refractivity contribution in [3.8, 4) is 0 Å². The van der Waals surface area contributed by atoms with E-state index in [0.717, 1.165) is 29.9 Å². The highest BCUT2D eigenvalue weighted by Crippen LogP contribution is 2.09. The third-order valence-electron chi connectivity index (χ3n) is 2.49. The molecule has 0 saturated heterocycles. The maximum absolute atomic E-state index is 12.9. The van der Waals surface area contributed by atoms with Crippen LogP contribution in [0.2, 0.25) is 0 Å². The van der Waals surface area contributed by atoms with Gasteiger partial charge in [0.15, 0.2) is 0 Å². The fraction of sp³-hybridized carbons (Fsp3) is 0.250. The number of rotatable bonds is 4. The van der Waals surface area contributed by atoms with Crippen LogP contribution in [-0.2, 0) is 13.1 Å². The van der Waals surface area contributed by atoms with Gasteiger partial charge in [-0.05, 0) is 36.2 Å². The van der Waals surface area contributed by atoms with E-state index in [2.05, 4.69) is 15.5 Å². The number of hydrogen-bond donors (Lipinski definition) is 2. The van der Waals surface area contributed by atoms with E-state index in [0.29, 0.717) is 0 Å². The summed E-state index contributed by atoms with van der Waals surface area (Å²) in [6, 6.07) is 6.77. The first kappa shape index (κ1) is 10.8. The summed E-state index contributed by atoms with van der Waals surface area (Å²) in [5.74, 6) is -0.185. The quantitative estimate of drug-likeness (QED) is 0.827. The highest BCUT2D eigenvalue weighted by Gasteiger charge is 2.00. The maximum Gasteiger partial charge on any atom is 0.123 e. The Bertz CT molecular complexity index is 451. The molecule has 0 bridgehead atoms. The topological polar surface area (TPSA) is 40.7 Å². The van der Waals surface area contributed by atoms with Gasteiger partial charge >= 0.3 is 0 Å².